The Labute approximate surface area is 77.2 Å². The van der Waals surface area contributed by atoms with E-state index in [1.807, 2.05) is 0 Å². The van der Waals surface area contributed by atoms with Gasteiger partial charge in [-0.1, -0.05) is 45.3 Å². The molecular formula is C11H23N. The second kappa shape index (κ2) is 8.79. The highest BCUT2D eigenvalue weighted by Gasteiger charge is 1.95. The molecule has 0 unspecified atom stereocenters. The van der Waals surface area contributed by atoms with Gasteiger partial charge < -0.3 is 5.32 Å². The molecule has 0 radical (unpaired) electrons. The molecular weight excluding hydrogens is 146 g/mol. The van der Waals surface area contributed by atoms with Gasteiger partial charge >= 0.3 is 0 Å². The number of rotatable bonds is 5. The maximum Gasteiger partial charge on any atom is -0.00118 e. The first-order valence-electron chi connectivity index (χ1n) is 5.18. The molecule has 1 aliphatic rings. The summed E-state index contributed by atoms with van der Waals surface area (Å²) in [6.07, 6.45) is 6.75. The third kappa shape index (κ3) is 12.4. The van der Waals surface area contributed by atoms with Crippen molar-refractivity contribution in [1.29, 1.82) is 0 Å². The molecule has 0 saturated heterocycles. The van der Waals surface area contributed by atoms with Gasteiger partial charge in [-0.15, -0.1) is 0 Å². The summed E-state index contributed by atoms with van der Waals surface area (Å²) >= 11 is 0. The van der Waals surface area contributed by atoms with E-state index in [4.69, 9.17) is 0 Å². The lowest BCUT2D eigenvalue weighted by atomic mass is 10.2. The van der Waals surface area contributed by atoms with Crippen molar-refractivity contribution in [3.8, 4) is 0 Å². The van der Waals surface area contributed by atoms with E-state index in [9.17, 15) is 0 Å². The summed E-state index contributed by atoms with van der Waals surface area (Å²) in [6, 6.07) is 0. The fourth-order valence-corrected chi connectivity index (χ4v) is 0.619. The Kier molecular flexibility index (Phi) is 8.57. The van der Waals surface area contributed by atoms with Crippen molar-refractivity contribution in [2.24, 2.45) is 0 Å². The lowest BCUT2D eigenvalue weighted by molar-refractivity contribution is 0.705. The average Bonchev–Trinajstić information content (AvgIpc) is 2.90. The maximum atomic E-state index is 3.90. The summed E-state index contributed by atoms with van der Waals surface area (Å²) in [6.45, 7) is 10.3. The Balaban J connectivity index is 0.000000330. The van der Waals surface area contributed by atoms with Gasteiger partial charge in [0.1, 0.15) is 0 Å². The zero-order valence-electron chi connectivity index (χ0n) is 8.66. The second-order valence-electron chi connectivity index (χ2n) is 3.27. The molecule has 0 atom stereocenters. The Bertz CT molecular complexity index is 103. The molecule has 0 aromatic rings. The zero-order chi connectivity index (χ0) is 9.23. The number of nitrogens with one attached hydrogen (secondary N) is 1. The first kappa shape index (κ1) is 11.7. The zero-order valence-corrected chi connectivity index (χ0v) is 8.66. The van der Waals surface area contributed by atoms with Crippen LogP contribution in [0.25, 0.3) is 0 Å². The molecule has 0 spiro atoms. The van der Waals surface area contributed by atoms with Crippen LogP contribution in [0, 0.1) is 0 Å². The molecule has 0 bridgehead atoms. The molecule has 1 nitrogen and oxygen atoms in total. The van der Waals surface area contributed by atoms with E-state index < -0.39 is 0 Å². The number of hydrogen-bond donors (Lipinski definition) is 1. The summed E-state index contributed by atoms with van der Waals surface area (Å²) in [5.41, 5.74) is 1.34. The highest BCUT2D eigenvalue weighted by atomic mass is 14.8. The van der Waals surface area contributed by atoms with Gasteiger partial charge in [-0.3, -0.25) is 0 Å². The third-order valence-electron chi connectivity index (χ3n) is 1.76. The molecule has 1 N–H and O–H groups in total. The Morgan fingerprint density at radius 1 is 1.25 bits per heavy atom. The van der Waals surface area contributed by atoms with E-state index in [1.165, 1.54) is 24.8 Å². The third-order valence-corrected chi connectivity index (χ3v) is 1.76. The number of hydrogen-bond acceptors (Lipinski definition) is 1. The van der Waals surface area contributed by atoms with E-state index >= 15 is 0 Å². The molecule has 1 heteroatoms. The molecule has 1 saturated carbocycles. The van der Waals surface area contributed by atoms with Gasteiger partial charge in [-0.25, -0.2) is 0 Å². The van der Waals surface area contributed by atoms with Crippen LogP contribution in [-0.2, 0) is 0 Å². The topological polar surface area (TPSA) is 12.0 Å². The van der Waals surface area contributed by atoms with Crippen molar-refractivity contribution in [1.82, 2.24) is 5.32 Å². The fourth-order valence-electron chi connectivity index (χ4n) is 0.619. The molecule has 1 fully saturated rings. The quantitative estimate of drug-likeness (QED) is 0.492. The highest BCUT2D eigenvalue weighted by Crippen LogP contribution is 2.14. The standard InChI is InChI=1S/C8H17N.C3H6/c1-4-8(3)6-7-9-5-2;1-2-3-1/h9H,3-7H2,1-2H3;1-3H2. The molecule has 1 aliphatic carbocycles. The van der Waals surface area contributed by atoms with E-state index in [1.54, 1.807) is 0 Å². The smallest absolute Gasteiger partial charge is 0.00118 e. The minimum Gasteiger partial charge on any atom is -0.317 e. The lowest BCUT2D eigenvalue weighted by Gasteiger charge is -2.01. The molecule has 0 aromatic heterocycles. The first-order chi connectivity index (χ1) is 5.81. The minimum absolute atomic E-state index is 1.07. The summed E-state index contributed by atoms with van der Waals surface area (Å²) < 4.78 is 0. The van der Waals surface area contributed by atoms with Gasteiger partial charge in [-0.05, 0) is 25.9 Å². The maximum absolute atomic E-state index is 3.90. The van der Waals surface area contributed by atoms with Crippen LogP contribution in [0.5, 0.6) is 0 Å². The van der Waals surface area contributed by atoms with E-state index in [0.717, 1.165) is 25.9 Å². The summed E-state index contributed by atoms with van der Waals surface area (Å²) in [7, 11) is 0. The predicted molar refractivity (Wildman–Crippen MR) is 56.4 cm³/mol. The van der Waals surface area contributed by atoms with Crippen molar-refractivity contribution in [2.75, 3.05) is 13.1 Å². The molecule has 0 heterocycles. The van der Waals surface area contributed by atoms with Gasteiger partial charge in [0.25, 0.3) is 0 Å². The normalized spacial score (nSPS) is 13.2. The van der Waals surface area contributed by atoms with Crippen LogP contribution in [0.1, 0.15) is 46.0 Å². The minimum atomic E-state index is 1.07. The molecule has 0 aliphatic heterocycles. The van der Waals surface area contributed by atoms with E-state index in [2.05, 4.69) is 25.7 Å². The summed E-state index contributed by atoms with van der Waals surface area (Å²) in [5.74, 6) is 0. The Hall–Kier alpha value is -0.300. The van der Waals surface area contributed by atoms with E-state index in [-0.39, 0.29) is 0 Å². The van der Waals surface area contributed by atoms with Crippen molar-refractivity contribution >= 4 is 0 Å². The molecule has 0 aromatic carbocycles. The van der Waals surface area contributed by atoms with Crippen molar-refractivity contribution < 1.29 is 0 Å². The molecule has 1 rings (SSSR count). The van der Waals surface area contributed by atoms with Crippen LogP contribution in [-0.4, -0.2) is 13.1 Å². The first-order valence-corrected chi connectivity index (χ1v) is 5.18. The van der Waals surface area contributed by atoms with Crippen molar-refractivity contribution in [3.63, 3.8) is 0 Å². The largest absolute Gasteiger partial charge is 0.317 e. The molecule has 72 valence electrons. The van der Waals surface area contributed by atoms with Gasteiger partial charge in [-0.2, -0.15) is 0 Å². The van der Waals surface area contributed by atoms with Crippen LogP contribution >= 0.6 is 0 Å². The summed E-state index contributed by atoms with van der Waals surface area (Å²) in [5, 5.41) is 3.25. The van der Waals surface area contributed by atoms with Gasteiger partial charge in [0.05, 0.1) is 0 Å². The van der Waals surface area contributed by atoms with Crippen LogP contribution in [0.2, 0.25) is 0 Å². The Morgan fingerprint density at radius 3 is 2.17 bits per heavy atom. The van der Waals surface area contributed by atoms with Crippen LogP contribution in [0.3, 0.4) is 0 Å². The average molecular weight is 169 g/mol. The molecule has 0 amide bonds. The van der Waals surface area contributed by atoms with Gasteiger partial charge in [0.15, 0.2) is 0 Å². The van der Waals surface area contributed by atoms with E-state index in [0.29, 0.717) is 0 Å². The van der Waals surface area contributed by atoms with Gasteiger partial charge in [0, 0.05) is 0 Å². The molecule has 12 heavy (non-hydrogen) atoms. The van der Waals surface area contributed by atoms with Crippen molar-refractivity contribution in [2.45, 2.75) is 46.0 Å². The van der Waals surface area contributed by atoms with Gasteiger partial charge in [0.2, 0.25) is 0 Å². The second-order valence-corrected chi connectivity index (χ2v) is 3.27. The SMILES string of the molecule is C1CC1.C=C(CC)CCNCC. The lowest BCUT2D eigenvalue weighted by Crippen LogP contribution is -2.14. The summed E-state index contributed by atoms with van der Waals surface area (Å²) in [4.78, 5) is 0. The van der Waals surface area contributed by atoms with Crippen molar-refractivity contribution in [3.05, 3.63) is 12.2 Å². The van der Waals surface area contributed by atoms with Crippen LogP contribution < -0.4 is 5.32 Å². The highest BCUT2D eigenvalue weighted by molar-refractivity contribution is 4.92. The predicted octanol–water partition coefficient (Wildman–Crippen LogP) is 3.12. The Morgan fingerprint density at radius 2 is 1.83 bits per heavy atom. The fraction of sp³-hybridized carbons (Fsp3) is 0.818. The van der Waals surface area contributed by atoms with Crippen LogP contribution in [0.4, 0.5) is 0 Å². The monoisotopic (exact) mass is 169 g/mol. The van der Waals surface area contributed by atoms with Crippen LogP contribution in [0.15, 0.2) is 12.2 Å².